The van der Waals surface area contributed by atoms with E-state index in [1.54, 1.807) is 19.2 Å². The first kappa shape index (κ1) is 23.5. The molecule has 0 bridgehead atoms. The standard InChI is InChI=1S/C28H31FN2O4/c1-32-25-4-2-3-5-27(25)35-24(22-7-9-23(29)10-8-22)12-13-30-14-16-31(17-15-30)19-21-6-11-26-28(18-21)34-20-33-26/h2-11,18,24H,12-17,19-20H2,1H3/t24-/m1/s1. The second-order valence-electron chi connectivity index (χ2n) is 8.90. The second-order valence-corrected chi connectivity index (χ2v) is 8.90. The summed E-state index contributed by atoms with van der Waals surface area (Å²) in [5, 5.41) is 0. The Labute approximate surface area is 205 Å². The molecule has 3 aromatic rings. The number of halogens is 1. The summed E-state index contributed by atoms with van der Waals surface area (Å²) in [6.07, 6.45) is 0.602. The number of methoxy groups -OCH3 is 1. The summed E-state index contributed by atoms with van der Waals surface area (Å²) in [7, 11) is 1.64. The highest BCUT2D eigenvalue weighted by atomic mass is 19.1. The minimum absolute atomic E-state index is 0.196. The molecule has 0 spiro atoms. The molecule has 2 heterocycles. The fourth-order valence-corrected chi connectivity index (χ4v) is 4.61. The Bertz CT molecular complexity index is 1120. The number of hydrogen-bond donors (Lipinski definition) is 0. The molecule has 2 aliphatic rings. The van der Waals surface area contributed by atoms with Gasteiger partial charge in [-0.15, -0.1) is 0 Å². The van der Waals surface area contributed by atoms with Gasteiger partial charge in [0.2, 0.25) is 6.79 Å². The molecule has 0 N–H and O–H groups in total. The van der Waals surface area contributed by atoms with Gasteiger partial charge in [0.15, 0.2) is 23.0 Å². The van der Waals surface area contributed by atoms with E-state index in [4.69, 9.17) is 18.9 Å². The van der Waals surface area contributed by atoms with Crippen molar-refractivity contribution in [3.05, 3.63) is 83.7 Å². The van der Waals surface area contributed by atoms with Gasteiger partial charge >= 0.3 is 0 Å². The minimum Gasteiger partial charge on any atom is -0.493 e. The third-order valence-corrected chi connectivity index (χ3v) is 6.60. The lowest BCUT2D eigenvalue weighted by atomic mass is 10.1. The zero-order valence-electron chi connectivity index (χ0n) is 20.0. The minimum atomic E-state index is -0.247. The molecule has 5 rings (SSSR count). The fourth-order valence-electron chi connectivity index (χ4n) is 4.61. The molecular formula is C28H31FN2O4. The lowest BCUT2D eigenvalue weighted by molar-refractivity contribution is 0.106. The van der Waals surface area contributed by atoms with E-state index in [1.165, 1.54) is 17.7 Å². The molecule has 1 atom stereocenters. The van der Waals surface area contributed by atoms with Crippen molar-refractivity contribution in [3.8, 4) is 23.0 Å². The Hall–Kier alpha value is -3.29. The van der Waals surface area contributed by atoms with Gasteiger partial charge in [0.05, 0.1) is 7.11 Å². The van der Waals surface area contributed by atoms with E-state index >= 15 is 0 Å². The quantitative estimate of drug-likeness (QED) is 0.436. The number of ether oxygens (including phenoxy) is 4. The molecule has 0 amide bonds. The lowest BCUT2D eigenvalue weighted by Gasteiger charge is -2.35. The molecule has 3 aromatic carbocycles. The van der Waals surface area contributed by atoms with E-state index in [9.17, 15) is 4.39 Å². The number of para-hydroxylation sites is 2. The van der Waals surface area contributed by atoms with Crippen molar-refractivity contribution >= 4 is 0 Å². The van der Waals surface area contributed by atoms with E-state index in [2.05, 4.69) is 21.9 Å². The maximum absolute atomic E-state index is 13.5. The molecule has 0 aliphatic carbocycles. The van der Waals surface area contributed by atoms with Crippen LogP contribution in [0.25, 0.3) is 0 Å². The lowest BCUT2D eigenvalue weighted by Crippen LogP contribution is -2.46. The molecule has 184 valence electrons. The second kappa shape index (κ2) is 11.0. The fraction of sp³-hybridized carbons (Fsp3) is 0.357. The molecule has 35 heavy (non-hydrogen) atoms. The summed E-state index contributed by atoms with van der Waals surface area (Å²) in [5.74, 6) is 2.80. The maximum Gasteiger partial charge on any atom is 0.231 e. The largest absolute Gasteiger partial charge is 0.493 e. The van der Waals surface area contributed by atoms with Crippen LogP contribution in [0.2, 0.25) is 0 Å². The Kier molecular flexibility index (Phi) is 7.35. The summed E-state index contributed by atoms with van der Waals surface area (Å²) >= 11 is 0. The predicted octanol–water partition coefficient (Wildman–Crippen LogP) is 4.89. The Morgan fingerprint density at radius 2 is 1.57 bits per heavy atom. The van der Waals surface area contributed by atoms with Gasteiger partial charge < -0.3 is 23.8 Å². The summed E-state index contributed by atoms with van der Waals surface area (Å²) in [6.45, 7) is 6.10. The van der Waals surface area contributed by atoms with E-state index < -0.39 is 0 Å². The van der Waals surface area contributed by atoms with Crippen molar-refractivity contribution in [1.29, 1.82) is 0 Å². The molecule has 0 aromatic heterocycles. The van der Waals surface area contributed by atoms with Crippen molar-refractivity contribution in [3.63, 3.8) is 0 Å². The average molecular weight is 479 g/mol. The van der Waals surface area contributed by atoms with Crippen molar-refractivity contribution in [2.24, 2.45) is 0 Å². The number of nitrogens with zero attached hydrogens (tertiary/aromatic N) is 2. The third-order valence-electron chi connectivity index (χ3n) is 6.60. The number of piperazine rings is 1. The van der Waals surface area contributed by atoms with Crippen molar-refractivity contribution < 1.29 is 23.3 Å². The first-order chi connectivity index (χ1) is 17.2. The summed E-state index contributed by atoms with van der Waals surface area (Å²) in [5.41, 5.74) is 2.20. The number of hydrogen-bond acceptors (Lipinski definition) is 6. The van der Waals surface area contributed by atoms with Crippen molar-refractivity contribution in [2.75, 3.05) is 46.6 Å². The van der Waals surface area contributed by atoms with Gasteiger partial charge in [0, 0.05) is 45.7 Å². The molecule has 6 nitrogen and oxygen atoms in total. The predicted molar refractivity (Wildman–Crippen MR) is 132 cm³/mol. The van der Waals surface area contributed by atoms with Crippen LogP contribution in [-0.4, -0.2) is 56.4 Å². The number of benzene rings is 3. The van der Waals surface area contributed by atoms with Crippen LogP contribution in [0, 0.1) is 5.82 Å². The first-order valence-corrected chi connectivity index (χ1v) is 12.1. The van der Waals surface area contributed by atoms with Gasteiger partial charge in [0.25, 0.3) is 0 Å². The molecule has 0 unspecified atom stereocenters. The highest BCUT2D eigenvalue weighted by molar-refractivity contribution is 5.44. The maximum atomic E-state index is 13.5. The number of rotatable bonds is 9. The van der Waals surface area contributed by atoms with Gasteiger partial charge in [-0.2, -0.15) is 0 Å². The van der Waals surface area contributed by atoms with Gasteiger partial charge in [-0.1, -0.05) is 30.3 Å². The molecular weight excluding hydrogens is 447 g/mol. The van der Waals surface area contributed by atoms with Crippen molar-refractivity contribution in [1.82, 2.24) is 9.80 Å². The zero-order chi connectivity index (χ0) is 24.0. The van der Waals surface area contributed by atoms with Crippen LogP contribution >= 0.6 is 0 Å². The smallest absolute Gasteiger partial charge is 0.231 e. The van der Waals surface area contributed by atoms with E-state index in [-0.39, 0.29) is 11.9 Å². The molecule has 7 heteroatoms. The van der Waals surface area contributed by atoms with Crippen LogP contribution in [0.3, 0.4) is 0 Å². The topological polar surface area (TPSA) is 43.4 Å². The van der Waals surface area contributed by atoms with E-state index in [1.807, 2.05) is 30.3 Å². The molecule has 0 radical (unpaired) electrons. The van der Waals surface area contributed by atoms with Crippen molar-refractivity contribution in [2.45, 2.75) is 19.1 Å². The zero-order valence-corrected chi connectivity index (χ0v) is 20.0. The van der Waals surface area contributed by atoms with Crippen LogP contribution in [0.4, 0.5) is 4.39 Å². The highest BCUT2D eigenvalue weighted by Gasteiger charge is 2.22. The molecule has 1 fully saturated rings. The summed E-state index contributed by atoms with van der Waals surface area (Å²) in [6, 6.07) is 20.4. The molecule has 2 aliphatic heterocycles. The average Bonchev–Trinajstić information content (AvgIpc) is 3.36. The monoisotopic (exact) mass is 478 g/mol. The summed E-state index contributed by atoms with van der Waals surface area (Å²) < 4.78 is 36.3. The normalized spacial score (nSPS) is 16.7. The van der Waals surface area contributed by atoms with Gasteiger partial charge in [-0.05, 0) is 47.5 Å². The van der Waals surface area contributed by atoms with E-state index in [0.717, 1.165) is 62.8 Å². The van der Waals surface area contributed by atoms with Gasteiger partial charge in [0.1, 0.15) is 11.9 Å². The van der Waals surface area contributed by atoms with E-state index in [0.29, 0.717) is 18.3 Å². The Morgan fingerprint density at radius 3 is 2.34 bits per heavy atom. The van der Waals surface area contributed by atoms with Crippen LogP contribution in [0.5, 0.6) is 23.0 Å². The first-order valence-electron chi connectivity index (χ1n) is 12.1. The van der Waals surface area contributed by atoms with Crippen LogP contribution in [0.1, 0.15) is 23.7 Å². The molecule has 0 saturated carbocycles. The van der Waals surface area contributed by atoms with Gasteiger partial charge in [-0.3, -0.25) is 4.90 Å². The Balaban J connectivity index is 1.17. The van der Waals surface area contributed by atoms with Gasteiger partial charge in [-0.25, -0.2) is 4.39 Å². The third kappa shape index (κ3) is 5.86. The van der Waals surface area contributed by atoms with Crippen LogP contribution < -0.4 is 18.9 Å². The summed E-state index contributed by atoms with van der Waals surface area (Å²) in [4.78, 5) is 4.94. The SMILES string of the molecule is COc1ccccc1O[C@H](CCN1CCN(Cc2ccc3c(c2)OCO3)CC1)c1ccc(F)cc1. The number of fused-ring (bicyclic) bond motifs is 1. The highest BCUT2D eigenvalue weighted by Crippen LogP contribution is 2.34. The Morgan fingerprint density at radius 1 is 0.857 bits per heavy atom. The van der Waals surface area contributed by atoms with Crippen LogP contribution in [0.15, 0.2) is 66.7 Å². The van der Waals surface area contributed by atoms with Crippen LogP contribution in [-0.2, 0) is 6.54 Å². The molecule has 1 saturated heterocycles.